The van der Waals surface area contributed by atoms with E-state index in [1.165, 1.54) is 21.4 Å². The first kappa shape index (κ1) is 15.8. The minimum absolute atomic E-state index is 0.0322. The monoisotopic (exact) mass is 345 g/mol. The average molecular weight is 345 g/mol. The normalized spacial score (nSPS) is 23.7. The number of thiophene rings is 1. The zero-order chi connectivity index (χ0) is 16.8. The zero-order valence-electron chi connectivity index (χ0n) is 14.2. The topological polar surface area (TPSA) is 55.2 Å². The van der Waals surface area contributed by atoms with Crippen LogP contribution >= 0.6 is 11.3 Å². The maximum atomic E-state index is 12.9. The lowest BCUT2D eigenvalue weighted by Gasteiger charge is -2.39. The number of aryl methyl sites for hydroxylation is 2. The van der Waals surface area contributed by atoms with Crippen molar-refractivity contribution in [2.45, 2.75) is 71.0 Å². The Labute approximate surface area is 145 Å². The van der Waals surface area contributed by atoms with E-state index in [0.29, 0.717) is 0 Å². The van der Waals surface area contributed by atoms with Crippen LogP contribution in [0.2, 0.25) is 0 Å². The number of carbonyl (C=O) groups is 1. The Balaban J connectivity index is 1.66. The summed E-state index contributed by atoms with van der Waals surface area (Å²) in [6.45, 7) is 4.30. The van der Waals surface area contributed by atoms with Crippen LogP contribution in [0.15, 0.2) is 11.1 Å². The highest BCUT2D eigenvalue weighted by molar-refractivity contribution is 7.18. The molecule has 1 aliphatic carbocycles. The molecule has 0 radical (unpaired) electrons. The molecule has 6 heteroatoms. The Morgan fingerprint density at radius 3 is 2.75 bits per heavy atom. The summed E-state index contributed by atoms with van der Waals surface area (Å²) in [5.41, 5.74) is 1.12. The number of carbonyl (C=O) groups excluding carboxylic acids is 1. The summed E-state index contributed by atoms with van der Waals surface area (Å²) in [7, 11) is 0. The van der Waals surface area contributed by atoms with Crippen LogP contribution < -0.4 is 5.56 Å². The SMILES string of the molecule is C[C@H]1CCC[C@H](C)N1C(=O)Cn1cnc2sc3c(c2c1=O)CCC3. The molecule has 2 aromatic heterocycles. The van der Waals surface area contributed by atoms with Gasteiger partial charge in [-0.3, -0.25) is 14.2 Å². The average Bonchev–Trinajstić information content (AvgIpc) is 3.10. The van der Waals surface area contributed by atoms with Gasteiger partial charge in [-0.25, -0.2) is 4.98 Å². The van der Waals surface area contributed by atoms with Crippen molar-refractivity contribution in [2.75, 3.05) is 0 Å². The lowest BCUT2D eigenvalue weighted by atomic mass is 9.97. The summed E-state index contributed by atoms with van der Waals surface area (Å²) < 4.78 is 1.50. The summed E-state index contributed by atoms with van der Waals surface area (Å²) in [6.07, 6.45) is 7.93. The number of aromatic nitrogens is 2. The number of piperidine rings is 1. The molecule has 4 rings (SSSR count). The molecule has 0 unspecified atom stereocenters. The van der Waals surface area contributed by atoms with E-state index >= 15 is 0 Å². The van der Waals surface area contributed by atoms with Crippen molar-refractivity contribution in [2.24, 2.45) is 0 Å². The fraction of sp³-hybridized carbons (Fsp3) is 0.611. The van der Waals surface area contributed by atoms with Gasteiger partial charge in [0.2, 0.25) is 5.91 Å². The first-order chi connectivity index (χ1) is 11.6. The minimum Gasteiger partial charge on any atom is -0.336 e. The van der Waals surface area contributed by atoms with Crippen LogP contribution in [-0.2, 0) is 24.2 Å². The van der Waals surface area contributed by atoms with Gasteiger partial charge in [-0.05, 0) is 57.9 Å². The molecular weight excluding hydrogens is 322 g/mol. The third-order valence-electron chi connectivity index (χ3n) is 5.48. The third-order valence-corrected chi connectivity index (χ3v) is 6.68. The Hall–Kier alpha value is -1.69. The lowest BCUT2D eigenvalue weighted by molar-refractivity contribution is -0.138. The van der Waals surface area contributed by atoms with Gasteiger partial charge in [0.15, 0.2) is 0 Å². The molecule has 2 aliphatic rings. The molecular formula is C18H23N3O2S. The first-order valence-corrected chi connectivity index (χ1v) is 9.68. The van der Waals surface area contributed by atoms with E-state index in [1.807, 2.05) is 4.90 Å². The van der Waals surface area contributed by atoms with Crippen LogP contribution in [0.3, 0.4) is 0 Å². The molecule has 0 saturated carbocycles. The van der Waals surface area contributed by atoms with Crippen molar-refractivity contribution in [3.05, 3.63) is 27.1 Å². The Bertz CT molecular complexity index is 844. The van der Waals surface area contributed by atoms with Gasteiger partial charge in [-0.15, -0.1) is 11.3 Å². The Morgan fingerprint density at radius 2 is 2.00 bits per heavy atom. The molecule has 3 heterocycles. The van der Waals surface area contributed by atoms with Crippen LogP contribution in [-0.4, -0.2) is 32.4 Å². The van der Waals surface area contributed by atoms with E-state index in [1.54, 1.807) is 17.7 Å². The molecule has 2 atom stereocenters. The molecule has 0 spiro atoms. The Kier molecular flexibility index (Phi) is 3.95. The van der Waals surface area contributed by atoms with Gasteiger partial charge in [-0.1, -0.05) is 0 Å². The van der Waals surface area contributed by atoms with Gasteiger partial charge in [0.05, 0.1) is 11.7 Å². The van der Waals surface area contributed by atoms with E-state index in [2.05, 4.69) is 18.8 Å². The molecule has 1 saturated heterocycles. The Morgan fingerprint density at radius 1 is 1.25 bits per heavy atom. The van der Waals surface area contributed by atoms with Crippen LogP contribution in [0.4, 0.5) is 0 Å². The number of rotatable bonds is 2. The highest BCUT2D eigenvalue weighted by Crippen LogP contribution is 2.34. The van der Waals surface area contributed by atoms with Gasteiger partial charge >= 0.3 is 0 Å². The molecule has 0 bridgehead atoms. The van der Waals surface area contributed by atoms with Crippen molar-refractivity contribution >= 4 is 27.5 Å². The van der Waals surface area contributed by atoms with Crippen molar-refractivity contribution in [1.29, 1.82) is 0 Å². The molecule has 5 nitrogen and oxygen atoms in total. The molecule has 1 fully saturated rings. The van der Waals surface area contributed by atoms with E-state index in [9.17, 15) is 9.59 Å². The maximum Gasteiger partial charge on any atom is 0.262 e. The van der Waals surface area contributed by atoms with E-state index < -0.39 is 0 Å². The number of likely N-dealkylation sites (tertiary alicyclic amines) is 1. The van der Waals surface area contributed by atoms with Crippen molar-refractivity contribution in [1.82, 2.24) is 14.5 Å². The molecule has 24 heavy (non-hydrogen) atoms. The number of hydrogen-bond donors (Lipinski definition) is 0. The second-order valence-electron chi connectivity index (χ2n) is 7.15. The van der Waals surface area contributed by atoms with Gasteiger partial charge in [0, 0.05) is 17.0 Å². The van der Waals surface area contributed by atoms with Gasteiger partial charge in [-0.2, -0.15) is 0 Å². The van der Waals surface area contributed by atoms with Crippen molar-refractivity contribution in [3.63, 3.8) is 0 Å². The molecule has 1 aliphatic heterocycles. The summed E-state index contributed by atoms with van der Waals surface area (Å²) in [5.74, 6) is 0.0322. The predicted octanol–water partition coefficient (Wildman–Crippen LogP) is 2.74. The quantitative estimate of drug-likeness (QED) is 0.841. The van der Waals surface area contributed by atoms with Crippen LogP contribution in [0.1, 0.15) is 50.0 Å². The van der Waals surface area contributed by atoms with Gasteiger partial charge in [0.25, 0.3) is 5.56 Å². The summed E-state index contributed by atoms with van der Waals surface area (Å²) >= 11 is 1.64. The number of amides is 1. The molecule has 2 aromatic rings. The smallest absolute Gasteiger partial charge is 0.262 e. The van der Waals surface area contributed by atoms with Crippen molar-refractivity contribution < 1.29 is 4.79 Å². The largest absolute Gasteiger partial charge is 0.336 e. The van der Waals surface area contributed by atoms with Crippen LogP contribution in [0.5, 0.6) is 0 Å². The minimum atomic E-state index is -0.0509. The highest BCUT2D eigenvalue weighted by Gasteiger charge is 2.29. The second-order valence-corrected chi connectivity index (χ2v) is 8.23. The van der Waals surface area contributed by atoms with Crippen molar-refractivity contribution in [3.8, 4) is 0 Å². The third kappa shape index (κ3) is 2.48. The molecule has 1 amide bonds. The summed E-state index contributed by atoms with van der Waals surface area (Å²) in [5, 5.41) is 0.752. The molecule has 128 valence electrons. The fourth-order valence-corrected chi connectivity index (χ4v) is 5.49. The maximum absolute atomic E-state index is 12.9. The second kappa shape index (κ2) is 5.99. The summed E-state index contributed by atoms with van der Waals surface area (Å²) in [4.78, 5) is 34.2. The first-order valence-electron chi connectivity index (χ1n) is 8.87. The summed E-state index contributed by atoms with van der Waals surface area (Å²) in [6, 6.07) is 0.498. The van der Waals surface area contributed by atoms with Gasteiger partial charge < -0.3 is 4.90 Å². The van der Waals surface area contributed by atoms with E-state index in [-0.39, 0.29) is 30.1 Å². The van der Waals surface area contributed by atoms with Gasteiger partial charge in [0.1, 0.15) is 11.4 Å². The standard InChI is InChI=1S/C18H23N3O2S/c1-11-5-3-6-12(2)21(11)15(22)9-20-10-19-17-16(18(20)23)13-7-4-8-14(13)24-17/h10-12H,3-9H2,1-2H3/t11-,12-/m0/s1. The molecule has 0 N–H and O–H groups in total. The number of nitrogens with zero attached hydrogens (tertiary/aromatic N) is 3. The molecule has 0 aromatic carbocycles. The zero-order valence-corrected chi connectivity index (χ0v) is 15.1. The highest BCUT2D eigenvalue weighted by atomic mass is 32.1. The van der Waals surface area contributed by atoms with E-state index in [0.717, 1.165) is 42.3 Å². The lowest BCUT2D eigenvalue weighted by Crippen LogP contribution is -2.49. The van der Waals surface area contributed by atoms with E-state index in [4.69, 9.17) is 0 Å². The number of hydrogen-bond acceptors (Lipinski definition) is 4. The van der Waals surface area contributed by atoms with Crippen LogP contribution in [0, 0.1) is 0 Å². The number of fused-ring (bicyclic) bond motifs is 3. The van der Waals surface area contributed by atoms with Crippen LogP contribution in [0.25, 0.3) is 10.2 Å². The predicted molar refractivity (Wildman–Crippen MR) is 95.5 cm³/mol. The fourth-order valence-electron chi connectivity index (χ4n) is 4.27.